The van der Waals surface area contributed by atoms with Gasteiger partial charge in [-0.05, 0) is 6.42 Å². The lowest BCUT2D eigenvalue weighted by Gasteiger charge is -2.14. The van der Waals surface area contributed by atoms with Crippen molar-refractivity contribution in [3.63, 3.8) is 0 Å². The lowest BCUT2D eigenvalue weighted by atomic mass is 10.1. The molecule has 0 saturated carbocycles. The molecule has 11 heavy (non-hydrogen) atoms. The Hall–Kier alpha value is -0.210. The van der Waals surface area contributed by atoms with Crippen LogP contribution in [0.15, 0.2) is 10.8 Å². The van der Waals surface area contributed by atoms with Crippen molar-refractivity contribution >= 4 is 29.0 Å². The van der Waals surface area contributed by atoms with E-state index in [4.69, 9.17) is 27.9 Å². The minimum atomic E-state index is -0.0435. The summed E-state index contributed by atoms with van der Waals surface area (Å²) in [6, 6.07) is 0.0544. The number of halogens is 2. The second kappa shape index (κ2) is 3.98. The van der Waals surface area contributed by atoms with E-state index >= 15 is 0 Å². The Bertz CT molecular complexity index is 199. The number of ether oxygens (including phenoxy) is 1. The Labute approximate surface area is 75.1 Å². The first kappa shape index (κ1) is 8.88. The molecule has 0 N–H and O–H groups in total. The zero-order valence-corrected chi connectivity index (χ0v) is 7.41. The number of alkyl halides is 1. The molecule has 0 radical (unpaired) electrons. The zero-order valence-electron chi connectivity index (χ0n) is 5.90. The Morgan fingerprint density at radius 2 is 2.18 bits per heavy atom. The van der Waals surface area contributed by atoms with Gasteiger partial charge in [-0.2, -0.15) is 0 Å². The molecule has 2 nitrogen and oxygen atoms in total. The van der Waals surface area contributed by atoms with E-state index in [9.17, 15) is 4.79 Å². The van der Waals surface area contributed by atoms with Gasteiger partial charge in [0.25, 0.3) is 0 Å². The molecule has 0 aromatic heterocycles. The summed E-state index contributed by atoms with van der Waals surface area (Å²) in [6.07, 6.45) is 2.05. The smallest absolute Gasteiger partial charge is 0.177 e. The third-order valence-corrected chi connectivity index (χ3v) is 2.06. The summed E-state index contributed by atoms with van der Waals surface area (Å²) in [5, 5.41) is 0.219. The number of hydrogen-bond donors (Lipinski definition) is 0. The maximum Gasteiger partial charge on any atom is 0.177 e. The highest BCUT2D eigenvalue weighted by Gasteiger charge is 2.19. The predicted octanol–water partition coefficient (Wildman–Crippen LogP) is 2.40. The second-order valence-electron chi connectivity index (χ2n) is 2.27. The van der Waals surface area contributed by atoms with Crippen LogP contribution in [-0.4, -0.2) is 11.8 Å². The van der Waals surface area contributed by atoms with Crippen LogP contribution < -0.4 is 0 Å². The molecule has 0 heterocycles. The van der Waals surface area contributed by atoms with Crippen molar-refractivity contribution in [1.82, 2.24) is 0 Å². The molecular formula is C7H8Cl2O2. The Kier molecular flexibility index (Phi) is 3.21. The summed E-state index contributed by atoms with van der Waals surface area (Å²) >= 11 is 11.0. The maximum atomic E-state index is 11.0. The Balaban J connectivity index is 2.71. The number of rotatable bonds is 2. The minimum absolute atomic E-state index is 0.0435. The van der Waals surface area contributed by atoms with Crippen molar-refractivity contribution < 1.29 is 9.53 Å². The highest BCUT2D eigenvalue weighted by Crippen LogP contribution is 2.25. The normalized spacial score (nSPS) is 18.9. The van der Waals surface area contributed by atoms with Crippen LogP contribution in [0.25, 0.3) is 0 Å². The molecule has 0 aromatic carbocycles. The number of Topliss-reactive ketones (excluding diaryl/α,β-unsaturated/α-hetero) is 1. The molecule has 0 fully saturated rings. The second-order valence-corrected chi connectivity index (χ2v) is 2.86. The van der Waals surface area contributed by atoms with E-state index < -0.39 is 0 Å². The number of allylic oxidation sites excluding steroid dienone is 2. The van der Waals surface area contributed by atoms with E-state index in [0.717, 1.165) is 12.8 Å². The van der Waals surface area contributed by atoms with E-state index in [-0.39, 0.29) is 16.9 Å². The van der Waals surface area contributed by atoms with E-state index in [1.165, 1.54) is 0 Å². The molecule has 0 aliphatic heterocycles. The van der Waals surface area contributed by atoms with Gasteiger partial charge in [0.2, 0.25) is 0 Å². The van der Waals surface area contributed by atoms with E-state index in [1.54, 1.807) is 0 Å². The molecule has 0 amide bonds. The van der Waals surface area contributed by atoms with Crippen LogP contribution in [0.4, 0.5) is 0 Å². The topological polar surface area (TPSA) is 26.3 Å². The fourth-order valence-electron chi connectivity index (χ4n) is 0.986. The lowest BCUT2D eigenvalue weighted by molar-refractivity contribution is -0.115. The largest absolute Gasteiger partial charge is 0.481 e. The van der Waals surface area contributed by atoms with Gasteiger partial charge in [-0.25, -0.2) is 0 Å². The molecule has 4 heteroatoms. The number of carbonyl (C=O) groups is 1. The molecular weight excluding hydrogens is 187 g/mol. The van der Waals surface area contributed by atoms with Gasteiger partial charge in [-0.15, -0.1) is 0 Å². The van der Waals surface area contributed by atoms with E-state index in [2.05, 4.69) is 0 Å². The van der Waals surface area contributed by atoms with Gasteiger partial charge < -0.3 is 4.74 Å². The van der Waals surface area contributed by atoms with E-state index in [1.807, 2.05) is 0 Å². The van der Waals surface area contributed by atoms with Crippen LogP contribution >= 0.6 is 23.2 Å². The van der Waals surface area contributed by atoms with Gasteiger partial charge in [0.1, 0.15) is 10.8 Å². The third-order valence-electron chi connectivity index (χ3n) is 1.53. The van der Waals surface area contributed by atoms with Gasteiger partial charge in [0.15, 0.2) is 11.8 Å². The Morgan fingerprint density at radius 1 is 1.45 bits per heavy atom. The van der Waals surface area contributed by atoms with Gasteiger partial charge >= 0.3 is 0 Å². The molecule has 0 spiro atoms. The minimum Gasteiger partial charge on any atom is -0.481 e. The van der Waals surface area contributed by atoms with Crippen LogP contribution in [0.1, 0.15) is 19.3 Å². The summed E-state index contributed by atoms with van der Waals surface area (Å²) in [6.45, 7) is 0. The van der Waals surface area contributed by atoms with Gasteiger partial charge in [0.05, 0.1) is 0 Å². The average molecular weight is 195 g/mol. The van der Waals surface area contributed by atoms with Crippen molar-refractivity contribution in [2.75, 3.05) is 6.07 Å². The molecule has 0 unspecified atom stereocenters. The number of hydrogen-bond acceptors (Lipinski definition) is 2. The molecule has 0 aromatic rings. The van der Waals surface area contributed by atoms with Crippen molar-refractivity contribution in [3.8, 4) is 0 Å². The van der Waals surface area contributed by atoms with Crippen molar-refractivity contribution in [2.24, 2.45) is 0 Å². The van der Waals surface area contributed by atoms with Crippen LogP contribution in [0.2, 0.25) is 0 Å². The average Bonchev–Trinajstić information content (AvgIpc) is 1.99. The molecule has 1 rings (SSSR count). The fourth-order valence-corrected chi connectivity index (χ4v) is 1.36. The molecule has 1 aliphatic rings. The van der Waals surface area contributed by atoms with Gasteiger partial charge in [0, 0.05) is 12.8 Å². The summed E-state index contributed by atoms with van der Waals surface area (Å²) in [4.78, 5) is 11.0. The quantitative estimate of drug-likeness (QED) is 0.632. The molecule has 1 aliphatic carbocycles. The summed E-state index contributed by atoms with van der Waals surface area (Å²) in [7, 11) is 0. The highest BCUT2D eigenvalue weighted by molar-refractivity contribution is 6.43. The van der Waals surface area contributed by atoms with Crippen LogP contribution in [0.3, 0.4) is 0 Å². The monoisotopic (exact) mass is 194 g/mol. The fraction of sp³-hybridized carbons (Fsp3) is 0.571. The standard InChI is InChI=1S/C7H8Cl2O2/c8-4-11-6-3-1-2-5(10)7(6)9/h1-4H2. The summed E-state index contributed by atoms with van der Waals surface area (Å²) in [5.74, 6) is 0.496. The highest BCUT2D eigenvalue weighted by atomic mass is 35.5. The predicted molar refractivity (Wildman–Crippen MR) is 43.5 cm³/mol. The molecule has 62 valence electrons. The maximum absolute atomic E-state index is 11.0. The van der Waals surface area contributed by atoms with Crippen LogP contribution in [0, 0.1) is 0 Å². The first-order valence-corrected chi connectivity index (χ1v) is 4.27. The lowest BCUT2D eigenvalue weighted by Crippen LogP contribution is -2.09. The molecule has 0 atom stereocenters. The molecule has 0 saturated heterocycles. The van der Waals surface area contributed by atoms with Gasteiger partial charge in [-0.3, -0.25) is 4.79 Å². The van der Waals surface area contributed by atoms with Crippen molar-refractivity contribution in [3.05, 3.63) is 10.8 Å². The van der Waals surface area contributed by atoms with Crippen LogP contribution in [-0.2, 0) is 9.53 Å². The van der Waals surface area contributed by atoms with Crippen molar-refractivity contribution in [1.29, 1.82) is 0 Å². The zero-order chi connectivity index (χ0) is 8.27. The number of ketones is 1. The SMILES string of the molecule is O=C1CCCC(OCCl)=C1Cl. The first-order valence-electron chi connectivity index (χ1n) is 3.36. The van der Waals surface area contributed by atoms with Gasteiger partial charge in [-0.1, -0.05) is 23.2 Å². The van der Waals surface area contributed by atoms with Crippen LogP contribution in [0.5, 0.6) is 0 Å². The summed E-state index contributed by atoms with van der Waals surface area (Å²) < 4.78 is 4.96. The molecule has 0 bridgehead atoms. The summed E-state index contributed by atoms with van der Waals surface area (Å²) in [5.41, 5.74) is 0. The third kappa shape index (κ3) is 2.11. The van der Waals surface area contributed by atoms with E-state index in [0.29, 0.717) is 12.2 Å². The first-order chi connectivity index (χ1) is 5.25. The Morgan fingerprint density at radius 3 is 2.82 bits per heavy atom. The van der Waals surface area contributed by atoms with Crippen molar-refractivity contribution in [2.45, 2.75) is 19.3 Å². The number of carbonyl (C=O) groups excluding carboxylic acids is 1.